The van der Waals surface area contributed by atoms with Crippen LogP contribution >= 0.6 is 0 Å². The molecule has 0 aliphatic rings. The van der Waals surface area contributed by atoms with E-state index in [1.54, 1.807) is 24.3 Å². The third-order valence-corrected chi connectivity index (χ3v) is 4.04. The van der Waals surface area contributed by atoms with Gasteiger partial charge >= 0.3 is 0 Å². The van der Waals surface area contributed by atoms with E-state index in [9.17, 15) is 13.2 Å². The Morgan fingerprint density at radius 2 is 1.52 bits per heavy atom. The Morgan fingerprint density at radius 3 is 2.09 bits per heavy atom. The first-order chi connectivity index (χ1) is 10.9. The van der Waals surface area contributed by atoms with Crippen molar-refractivity contribution in [1.82, 2.24) is 0 Å². The van der Waals surface area contributed by atoms with Crippen LogP contribution in [0.2, 0.25) is 0 Å². The number of carbonyl (C=O) groups excluding carboxylic acids is 1. The second-order valence-corrected chi connectivity index (χ2v) is 6.25. The van der Waals surface area contributed by atoms with Crippen molar-refractivity contribution < 1.29 is 13.2 Å². The Kier molecular flexibility index (Phi) is 4.97. The lowest BCUT2D eigenvalue weighted by Gasteiger charge is -2.06. The van der Waals surface area contributed by atoms with Gasteiger partial charge in [0.2, 0.25) is 11.9 Å². The van der Waals surface area contributed by atoms with Crippen molar-refractivity contribution in [2.75, 3.05) is 10.6 Å². The molecule has 0 saturated heterocycles. The third-order valence-electron chi connectivity index (χ3n) is 2.74. The summed E-state index contributed by atoms with van der Waals surface area (Å²) in [7, 11) is -3.94. The van der Waals surface area contributed by atoms with Gasteiger partial charge in [0.1, 0.15) is 0 Å². The van der Waals surface area contributed by atoms with Crippen LogP contribution in [0, 0.1) is 0 Å². The molecule has 4 N–H and O–H groups in total. The summed E-state index contributed by atoms with van der Waals surface area (Å²) in [4.78, 5) is 10.9. The summed E-state index contributed by atoms with van der Waals surface area (Å²) in [5.41, 5.74) is 6.75. The minimum absolute atomic E-state index is 0.0237. The maximum Gasteiger partial charge on any atom is 0.285 e. The van der Waals surface area contributed by atoms with Crippen molar-refractivity contribution in [2.45, 2.75) is 11.8 Å². The van der Waals surface area contributed by atoms with Crippen molar-refractivity contribution in [3.05, 3.63) is 54.6 Å². The lowest BCUT2D eigenvalue weighted by molar-refractivity contribution is -0.114. The molecule has 0 spiro atoms. The van der Waals surface area contributed by atoms with E-state index in [2.05, 4.69) is 15.0 Å². The van der Waals surface area contributed by atoms with Gasteiger partial charge in [0.05, 0.1) is 4.90 Å². The quantitative estimate of drug-likeness (QED) is 0.583. The highest BCUT2D eigenvalue weighted by molar-refractivity contribution is 7.90. The molecule has 23 heavy (non-hydrogen) atoms. The first-order valence-electron chi connectivity index (χ1n) is 6.67. The number of rotatable bonds is 4. The summed E-state index contributed by atoms with van der Waals surface area (Å²) < 4.78 is 27.9. The Labute approximate surface area is 134 Å². The molecule has 1 amide bonds. The summed E-state index contributed by atoms with van der Waals surface area (Å²) >= 11 is 0. The lowest BCUT2D eigenvalue weighted by atomic mass is 10.3. The van der Waals surface area contributed by atoms with E-state index in [-0.39, 0.29) is 16.8 Å². The molecule has 2 rings (SSSR count). The molecule has 7 nitrogen and oxygen atoms in total. The molecular weight excluding hydrogens is 316 g/mol. The summed E-state index contributed by atoms with van der Waals surface area (Å²) in [6.07, 6.45) is 0. The number of sulfonamides is 1. The zero-order chi connectivity index (χ0) is 16.9. The van der Waals surface area contributed by atoms with E-state index < -0.39 is 10.0 Å². The average Bonchev–Trinajstić information content (AvgIpc) is 2.47. The van der Waals surface area contributed by atoms with Crippen LogP contribution in [0.4, 0.5) is 11.4 Å². The second kappa shape index (κ2) is 6.93. The average molecular weight is 332 g/mol. The van der Waals surface area contributed by atoms with Crippen LogP contribution in [0.1, 0.15) is 6.92 Å². The Bertz CT molecular complexity index is 816. The highest BCUT2D eigenvalue weighted by Gasteiger charge is 2.13. The molecule has 2 aromatic rings. The molecule has 0 unspecified atom stereocenters. The minimum Gasteiger partial charge on any atom is -0.369 e. The lowest BCUT2D eigenvalue weighted by Crippen LogP contribution is -2.24. The summed E-state index contributed by atoms with van der Waals surface area (Å²) in [6, 6.07) is 14.5. The SMILES string of the molecule is CC(=O)Nc1ccc(S(=O)(=O)N=C(N)Nc2ccccc2)cc1. The molecule has 8 heteroatoms. The smallest absolute Gasteiger partial charge is 0.285 e. The maximum absolute atomic E-state index is 12.2. The van der Waals surface area contributed by atoms with Crippen molar-refractivity contribution in [3.8, 4) is 0 Å². The van der Waals surface area contributed by atoms with Crippen LogP contribution < -0.4 is 16.4 Å². The summed E-state index contributed by atoms with van der Waals surface area (Å²) in [6.45, 7) is 1.37. The zero-order valence-corrected chi connectivity index (χ0v) is 13.2. The summed E-state index contributed by atoms with van der Waals surface area (Å²) in [5, 5.41) is 5.25. The predicted octanol–water partition coefficient (Wildman–Crippen LogP) is 1.76. The van der Waals surface area contributed by atoms with Crippen LogP contribution in [0.15, 0.2) is 63.9 Å². The monoisotopic (exact) mass is 332 g/mol. The van der Waals surface area contributed by atoms with E-state index in [1.165, 1.54) is 31.2 Å². The number of hydrogen-bond acceptors (Lipinski definition) is 3. The van der Waals surface area contributed by atoms with Gasteiger partial charge in [-0.1, -0.05) is 18.2 Å². The first kappa shape index (κ1) is 16.5. The van der Waals surface area contributed by atoms with Crippen molar-refractivity contribution in [1.29, 1.82) is 0 Å². The van der Waals surface area contributed by atoms with Gasteiger partial charge in [-0.05, 0) is 36.4 Å². The Morgan fingerprint density at radius 1 is 0.957 bits per heavy atom. The topological polar surface area (TPSA) is 114 Å². The molecule has 0 aliphatic carbocycles. The number of nitrogens with two attached hydrogens (primary N) is 1. The Hall–Kier alpha value is -2.87. The van der Waals surface area contributed by atoms with Gasteiger partial charge in [0.25, 0.3) is 10.0 Å². The van der Waals surface area contributed by atoms with Gasteiger partial charge in [-0.15, -0.1) is 4.40 Å². The molecule has 0 bridgehead atoms. The van der Waals surface area contributed by atoms with Gasteiger partial charge in [-0.3, -0.25) is 4.79 Å². The number of nitrogens with one attached hydrogen (secondary N) is 2. The number of para-hydroxylation sites is 1. The van der Waals surface area contributed by atoms with E-state index in [0.717, 1.165) is 0 Å². The number of carbonyl (C=O) groups is 1. The minimum atomic E-state index is -3.94. The predicted molar refractivity (Wildman–Crippen MR) is 89.6 cm³/mol. The fraction of sp³-hybridized carbons (Fsp3) is 0.0667. The standard InChI is InChI=1S/C15H16N4O3S/c1-11(20)17-13-7-9-14(10-8-13)23(21,22)19-15(16)18-12-5-3-2-4-6-12/h2-10H,1H3,(H,17,20)(H3,16,18,19). The van der Waals surface area contributed by atoms with E-state index >= 15 is 0 Å². The third kappa shape index (κ3) is 4.82. The number of anilines is 2. The van der Waals surface area contributed by atoms with Crippen molar-refractivity contribution >= 4 is 33.3 Å². The van der Waals surface area contributed by atoms with Crippen LogP contribution in [-0.4, -0.2) is 20.3 Å². The fourth-order valence-corrected chi connectivity index (χ4v) is 2.68. The highest BCUT2D eigenvalue weighted by Crippen LogP contribution is 2.16. The van der Waals surface area contributed by atoms with Crippen molar-refractivity contribution in [2.24, 2.45) is 10.1 Å². The van der Waals surface area contributed by atoms with Gasteiger partial charge in [0, 0.05) is 18.3 Å². The molecule has 0 fully saturated rings. The number of hydrogen-bond donors (Lipinski definition) is 3. The first-order valence-corrected chi connectivity index (χ1v) is 8.11. The molecular formula is C15H16N4O3S. The van der Waals surface area contributed by atoms with E-state index in [0.29, 0.717) is 11.4 Å². The second-order valence-electron chi connectivity index (χ2n) is 4.65. The number of guanidine groups is 1. The van der Waals surface area contributed by atoms with Gasteiger partial charge in [0.15, 0.2) is 0 Å². The zero-order valence-electron chi connectivity index (χ0n) is 12.4. The number of benzene rings is 2. The maximum atomic E-state index is 12.2. The number of amides is 1. The molecule has 0 heterocycles. The molecule has 0 radical (unpaired) electrons. The van der Waals surface area contributed by atoms with E-state index in [4.69, 9.17) is 5.73 Å². The van der Waals surface area contributed by atoms with E-state index in [1.807, 2.05) is 6.07 Å². The molecule has 2 aromatic carbocycles. The van der Waals surface area contributed by atoms with Crippen LogP contribution in [0.3, 0.4) is 0 Å². The van der Waals surface area contributed by atoms with Gasteiger partial charge in [-0.25, -0.2) is 0 Å². The normalized spacial score (nSPS) is 11.8. The Balaban J connectivity index is 2.17. The molecule has 0 aromatic heterocycles. The fourth-order valence-electron chi connectivity index (χ4n) is 1.79. The van der Waals surface area contributed by atoms with Crippen molar-refractivity contribution in [3.63, 3.8) is 0 Å². The molecule has 0 saturated carbocycles. The summed E-state index contributed by atoms with van der Waals surface area (Å²) in [5.74, 6) is -0.475. The largest absolute Gasteiger partial charge is 0.369 e. The number of nitrogens with zero attached hydrogens (tertiary/aromatic N) is 1. The van der Waals surface area contributed by atoms with Crippen LogP contribution in [0.5, 0.6) is 0 Å². The van der Waals surface area contributed by atoms with Gasteiger partial charge in [-0.2, -0.15) is 8.42 Å². The van der Waals surface area contributed by atoms with Crippen LogP contribution in [0.25, 0.3) is 0 Å². The highest BCUT2D eigenvalue weighted by atomic mass is 32.2. The molecule has 0 atom stereocenters. The van der Waals surface area contributed by atoms with Gasteiger partial charge < -0.3 is 16.4 Å². The molecule has 120 valence electrons. The molecule has 0 aliphatic heterocycles. The van der Waals surface area contributed by atoms with Crippen LogP contribution in [-0.2, 0) is 14.8 Å².